The fourth-order valence-electron chi connectivity index (χ4n) is 2.52. The van der Waals surface area contributed by atoms with Gasteiger partial charge in [0.25, 0.3) is 0 Å². The van der Waals surface area contributed by atoms with E-state index >= 15 is 0 Å². The van der Waals surface area contributed by atoms with Gasteiger partial charge < -0.3 is 5.73 Å². The minimum absolute atomic E-state index is 0.234. The second-order valence-electron chi connectivity index (χ2n) is 5.40. The number of sulfonamides is 1. The summed E-state index contributed by atoms with van der Waals surface area (Å²) in [7, 11) is -3.42. The van der Waals surface area contributed by atoms with Gasteiger partial charge in [0.15, 0.2) is 0 Å². The minimum Gasteiger partial charge on any atom is -0.384 e. The van der Waals surface area contributed by atoms with Crippen molar-refractivity contribution in [2.75, 3.05) is 18.8 Å². The van der Waals surface area contributed by atoms with Crippen LogP contribution in [0.4, 0.5) is 5.82 Å². The number of nitrogens with two attached hydrogens (primary N) is 1. The third-order valence-corrected chi connectivity index (χ3v) is 5.73. The lowest BCUT2D eigenvalue weighted by atomic mass is 9.87. The molecule has 0 amide bonds. The fraction of sp³-hybridized carbons (Fsp3) is 0.615. The first-order chi connectivity index (χ1) is 8.91. The Labute approximate surface area is 114 Å². The zero-order valence-electron chi connectivity index (χ0n) is 11.4. The van der Waals surface area contributed by atoms with Crippen molar-refractivity contribution >= 4 is 15.8 Å². The molecule has 0 bridgehead atoms. The number of hydrogen-bond donors (Lipinski definition) is 1. The van der Waals surface area contributed by atoms with E-state index in [-0.39, 0.29) is 10.7 Å². The van der Waals surface area contributed by atoms with Crippen LogP contribution in [0.15, 0.2) is 23.2 Å². The highest BCUT2D eigenvalue weighted by molar-refractivity contribution is 7.89. The van der Waals surface area contributed by atoms with Crippen molar-refractivity contribution in [2.24, 2.45) is 11.8 Å². The lowest BCUT2D eigenvalue weighted by molar-refractivity contribution is 0.226. The van der Waals surface area contributed by atoms with Gasteiger partial charge in [-0.05, 0) is 30.7 Å². The Morgan fingerprint density at radius 3 is 2.53 bits per heavy atom. The predicted molar refractivity (Wildman–Crippen MR) is 75.0 cm³/mol. The molecule has 106 valence electrons. The standard InChI is InChI=1S/C13H21N3O2S/c1-10(2)11-4-7-16(8-5-11)19(17,18)12-3-6-15-13(14)9-12/h3,6,9-11H,4-5,7-8H2,1-2H3,(H2,14,15). The molecule has 0 atom stereocenters. The molecule has 2 N–H and O–H groups in total. The summed E-state index contributed by atoms with van der Waals surface area (Å²) >= 11 is 0. The quantitative estimate of drug-likeness (QED) is 0.916. The lowest BCUT2D eigenvalue weighted by Crippen LogP contribution is -2.39. The number of pyridine rings is 1. The van der Waals surface area contributed by atoms with Crippen molar-refractivity contribution in [3.05, 3.63) is 18.3 Å². The summed E-state index contributed by atoms with van der Waals surface area (Å²) in [4.78, 5) is 4.07. The smallest absolute Gasteiger partial charge is 0.243 e. The van der Waals surface area contributed by atoms with Crippen LogP contribution >= 0.6 is 0 Å². The molecule has 2 heterocycles. The van der Waals surface area contributed by atoms with E-state index in [0.29, 0.717) is 24.9 Å². The summed E-state index contributed by atoms with van der Waals surface area (Å²) in [5.41, 5.74) is 5.55. The van der Waals surface area contributed by atoms with Crippen molar-refractivity contribution in [1.82, 2.24) is 9.29 Å². The maximum atomic E-state index is 12.5. The van der Waals surface area contributed by atoms with Gasteiger partial charge in [-0.3, -0.25) is 0 Å². The number of anilines is 1. The molecule has 2 rings (SSSR count). The monoisotopic (exact) mass is 283 g/mol. The van der Waals surface area contributed by atoms with E-state index in [1.165, 1.54) is 18.3 Å². The Bertz CT molecular complexity index is 535. The Morgan fingerprint density at radius 2 is 2.00 bits per heavy atom. The Morgan fingerprint density at radius 1 is 1.37 bits per heavy atom. The van der Waals surface area contributed by atoms with Crippen molar-refractivity contribution in [2.45, 2.75) is 31.6 Å². The van der Waals surface area contributed by atoms with Crippen LogP contribution in [0.2, 0.25) is 0 Å². The number of aromatic nitrogens is 1. The molecular weight excluding hydrogens is 262 g/mol. The first-order valence-corrected chi connectivity index (χ1v) is 8.07. The second kappa shape index (κ2) is 5.46. The Hall–Kier alpha value is -1.14. The average Bonchev–Trinajstić information content (AvgIpc) is 2.39. The molecule has 0 spiro atoms. The molecule has 1 aliphatic rings. The summed E-state index contributed by atoms with van der Waals surface area (Å²) in [6.07, 6.45) is 3.29. The largest absolute Gasteiger partial charge is 0.384 e. The zero-order valence-corrected chi connectivity index (χ0v) is 12.2. The fourth-order valence-corrected chi connectivity index (χ4v) is 4.01. The highest BCUT2D eigenvalue weighted by atomic mass is 32.2. The van der Waals surface area contributed by atoms with Crippen molar-refractivity contribution in [3.8, 4) is 0 Å². The summed E-state index contributed by atoms with van der Waals surface area (Å²) < 4.78 is 26.5. The summed E-state index contributed by atoms with van der Waals surface area (Å²) in [5, 5.41) is 0. The van der Waals surface area contributed by atoms with Gasteiger partial charge in [-0.25, -0.2) is 13.4 Å². The van der Waals surface area contributed by atoms with Gasteiger partial charge in [0, 0.05) is 25.4 Å². The van der Waals surface area contributed by atoms with E-state index in [0.717, 1.165) is 12.8 Å². The van der Waals surface area contributed by atoms with Crippen LogP contribution in [0.3, 0.4) is 0 Å². The topological polar surface area (TPSA) is 76.3 Å². The maximum absolute atomic E-state index is 12.5. The van der Waals surface area contributed by atoms with E-state index in [4.69, 9.17) is 5.73 Å². The van der Waals surface area contributed by atoms with E-state index in [9.17, 15) is 8.42 Å². The minimum atomic E-state index is -3.42. The summed E-state index contributed by atoms with van der Waals surface area (Å²) in [5.74, 6) is 1.47. The SMILES string of the molecule is CC(C)C1CCN(S(=O)(=O)c2ccnc(N)c2)CC1. The molecule has 19 heavy (non-hydrogen) atoms. The van der Waals surface area contributed by atoms with Crippen molar-refractivity contribution in [3.63, 3.8) is 0 Å². The molecule has 1 saturated heterocycles. The van der Waals surface area contributed by atoms with Crippen LogP contribution in [0, 0.1) is 11.8 Å². The molecule has 1 fully saturated rings. The molecule has 0 saturated carbocycles. The van der Waals surface area contributed by atoms with Crippen molar-refractivity contribution < 1.29 is 8.42 Å². The van der Waals surface area contributed by atoms with E-state index in [1.54, 1.807) is 4.31 Å². The maximum Gasteiger partial charge on any atom is 0.243 e. The second-order valence-corrected chi connectivity index (χ2v) is 7.34. The number of nitrogen functional groups attached to an aromatic ring is 1. The first kappa shape index (κ1) is 14.3. The molecule has 1 aromatic heterocycles. The normalized spacial score (nSPS) is 18.9. The average molecular weight is 283 g/mol. The number of piperidine rings is 1. The number of hydrogen-bond acceptors (Lipinski definition) is 4. The summed E-state index contributed by atoms with van der Waals surface area (Å²) in [6, 6.07) is 2.92. The van der Waals surface area contributed by atoms with Crippen LogP contribution in [-0.2, 0) is 10.0 Å². The molecule has 5 nitrogen and oxygen atoms in total. The molecule has 6 heteroatoms. The van der Waals surface area contributed by atoms with Gasteiger partial charge in [-0.2, -0.15) is 4.31 Å². The van der Waals surface area contributed by atoms with Gasteiger partial charge in [-0.1, -0.05) is 13.8 Å². The van der Waals surface area contributed by atoms with Crippen LogP contribution in [0.1, 0.15) is 26.7 Å². The van der Waals surface area contributed by atoms with Crippen LogP contribution in [0.5, 0.6) is 0 Å². The number of rotatable bonds is 3. The van der Waals surface area contributed by atoms with Gasteiger partial charge in [-0.15, -0.1) is 0 Å². The van der Waals surface area contributed by atoms with Gasteiger partial charge in [0.2, 0.25) is 10.0 Å². The molecule has 1 aromatic rings. The van der Waals surface area contributed by atoms with Gasteiger partial charge in [0.05, 0.1) is 4.90 Å². The van der Waals surface area contributed by atoms with Crippen LogP contribution in [-0.4, -0.2) is 30.8 Å². The Kier molecular flexibility index (Phi) is 4.10. The number of nitrogens with zero attached hydrogens (tertiary/aromatic N) is 2. The predicted octanol–water partition coefficient (Wildman–Crippen LogP) is 1.72. The molecular formula is C13H21N3O2S. The molecule has 0 aliphatic carbocycles. The highest BCUT2D eigenvalue weighted by Gasteiger charge is 2.30. The first-order valence-electron chi connectivity index (χ1n) is 6.63. The van der Waals surface area contributed by atoms with E-state index in [1.807, 2.05) is 0 Å². The summed E-state index contributed by atoms with van der Waals surface area (Å²) in [6.45, 7) is 5.57. The Balaban J connectivity index is 2.14. The molecule has 1 aliphatic heterocycles. The molecule has 0 unspecified atom stereocenters. The molecule has 0 radical (unpaired) electrons. The highest BCUT2D eigenvalue weighted by Crippen LogP contribution is 2.28. The molecule has 0 aromatic carbocycles. The van der Waals surface area contributed by atoms with Crippen LogP contribution < -0.4 is 5.73 Å². The van der Waals surface area contributed by atoms with Gasteiger partial charge >= 0.3 is 0 Å². The van der Waals surface area contributed by atoms with Gasteiger partial charge in [0.1, 0.15) is 5.82 Å². The van der Waals surface area contributed by atoms with Crippen molar-refractivity contribution in [1.29, 1.82) is 0 Å². The zero-order chi connectivity index (χ0) is 14.0. The third-order valence-electron chi connectivity index (χ3n) is 3.83. The van der Waals surface area contributed by atoms with E-state index < -0.39 is 10.0 Å². The van der Waals surface area contributed by atoms with E-state index in [2.05, 4.69) is 18.8 Å². The van der Waals surface area contributed by atoms with Crippen LogP contribution in [0.25, 0.3) is 0 Å². The third kappa shape index (κ3) is 3.06. The lowest BCUT2D eigenvalue weighted by Gasteiger charge is -2.33.